The first-order valence-corrected chi connectivity index (χ1v) is 9.55. The molecule has 1 amide bonds. The minimum Gasteiger partial charge on any atom is -0.497 e. The second kappa shape index (κ2) is 11.6. The van der Waals surface area contributed by atoms with Crippen LogP contribution in [0.3, 0.4) is 0 Å². The number of amides is 1. The lowest BCUT2D eigenvalue weighted by Gasteiger charge is -2.13. The number of ether oxygens (including phenoxy) is 2. The minimum atomic E-state index is -0.00107. The molecule has 0 heterocycles. The standard InChI is InChI=1S/C22H30N4O3/c1-23-22(24-14-5-15-29-20-12-10-19(28-4)11-13-20)25-16-17-6-8-18(9-7-17)21(27)26(2)3/h6-13H,5,14-16H2,1-4H3,(H2,23,24,25). The van der Waals surface area contributed by atoms with E-state index in [0.717, 1.165) is 36.0 Å². The van der Waals surface area contributed by atoms with Crippen molar-refractivity contribution >= 4 is 11.9 Å². The molecule has 0 saturated carbocycles. The highest BCUT2D eigenvalue weighted by Crippen LogP contribution is 2.16. The zero-order chi connectivity index (χ0) is 21.1. The Balaban J connectivity index is 1.67. The quantitative estimate of drug-likeness (QED) is 0.386. The molecule has 0 aromatic heterocycles. The van der Waals surface area contributed by atoms with Gasteiger partial charge in [0.15, 0.2) is 5.96 Å². The maximum Gasteiger partial charge on any atom is 0.253 e. The molecule has 0 fully saturated rings. The van der Waals surface area contributed by atoms with Gasteiger partial charge in [-0.05, 0) is 48.4 Å². The van der Waals surface area contributed by atoms with E-state index < -0.39 is 0 Å². The minimum absolute atomic E-state index is 0.00107. The van der Waals surface area contributed by atoms with E-state index in [2.05, 4.69) is 15.6 Å². The highest BCUT2D eigenvalue weighted by molar-refractivity contribution is 5.93. The van der Waals surface area contributed by atoms with E-state index in [1.165, 1.54) is 0 Å². The van der Waals surface area contributed by atoms with Crippen molar-refractivity contribution < 1.29 is 14.3 Å². The van der Waals surface area contributed by atoms with E-state index >= 15 is 0 Å². The molecule has 7 nitrogen and oxygen atoms in total. The van der Waals surface area contributed by atoms with Crippen molar-refractivity contribution in [1.29, 1.82) is 0 Å². The maximum absolute atomic E-state index is 11.9. The van der Waals surface area contributed by atoms with Crippen molar-refractivity contribution in [3.8, 4) is 11.5 Å². The zero-order valence-electron chi connectivity index (χ0n) is 17.6. The summed E-state index contributed by atoms with van der Waals surface area (Å²) in [7, 11) is 6.87. The molecular formula is C22H30N4O3. The highest BCUT2D eigenvalue weighted by atomic mass is 16.5. The van der Waals surface area contributed by atoms with Gasteiger partial charge in [0.25, 0.3) is 5.91 Å². The maximum atomic E-state index is 11.9. The number of carbonyl (C=O) groups is 1. The van der Waals surface area contributed by atoms with Gasteiger partial charge in [-0.15, -0.1) is 0 Å². The molecule has 2 aromatic rings. The molecule has 0 unspecified atom stereocenters. The fraction of sp³-hybridized carbons (Fsp3) is 0.364. The lowest BCUT2D eigenvalue weighted by Crippen LogP contribution is -2.37. The van der Waals surface area contributed by atoms with E-state index in [4.69, 9.17) is 9.47 Å². The Morgan fingerprint density at radius 1 is 1.00 bits per heavy atom. The first kappa shape index (κ1) is 22.1. The van der Waals surface area contributed by atoms with E-state index in [1.54, 1.807) is 33.2 Å². The lowest BCUT2D eigenvalue weighted by atomic mass is 10.1. The van der Waals surface area contributed by atoms with Gasteiger partial charge in [-0.2, -0.15) is 0 Å². The van der Waals surface area contributed by atoms with Gasteiger partial charge in [-0.25, -0.2) is 0 Å². The Morgan fingerprint density at radius 3 is 2.24 bits per heavy atom. The molecule has 0 spiro atoms. The molecule has 0 saturated heterocycles. The third-order valence-corrected chi connectivity index (χ3v) is 4.23. The van der Waals surface area contributed by atoms with Gasteiger partial charge in [-0.3, -0.25) is 9.79 Å². The smallest absolute Gasteiger partial charge is 0.253 e. The molecular weight excluding hydrogens is 368 g/mol. The van der Waals surface area contributed by atoms with Crippen molar-refractivity contribution in [3.63, 3.8) is 0 Å². The summed E-state index contributed by atoms with van der Waals surface area (Å²) in [5.41, 5.74) is 1.75. The first-order valence-electron chi connectivity index (χ1n) is 9.55. The average molecular weight is 399 g/mol. The van der Waals surface area contributed by atoms with Gasteiger partial charge < -0.3 is 25.0 Å². The van der Waals surface area contributed by atoms with Crippen molar-refractivity contribution in [1.82, 2.24) is 15.5 Å². The van der Waals surface area contributed by atoms with Gasteiger partial charge in [0.05, 0.1) is 13.7 Å². The van der Waals surface area contributed by atoms with Crippen LogP contribution in [-0.2, 0) is 6.54 Å². The highest BCUT2D eigenvalue weighted by Gasteiger charge is 2.07. The Labute approximate surface area is 172 Å². The molecule has 2 aromatic carbocycles. The molecule has 156 valence electrons. The summed E-state index contributed by atoms with van der Waals surface area (Å²) in [6.45, 7) is 1.97. The second-order valence-corrected chi connectivity index (χ2v) is 6.63. The third kappa shape index (κ3) is 7.37. The van der Waals surface area contributed by atoms with Crippen LogP contribution in [0, 0.1) is 0 Å². The van der Waals surface area contributed by atoms with Crippen LogP contribution in [0.1, 0.15) is 22.3 Å². The second-order valence-electron chi connectivity index (χ2n) is 6.63. The number of rotatable bonds is 9. The summed E-state index contributed by atoms with van der Waals surface area (Å²) in [6.07, 6.45) is 0.841. The summed E-state index contributed by atoms with van der Waals surface area (Å²) in [6, 6.07) is 15.1. The normalized spacial score (nSPS) is 11.0. The van der Waals surface area contributed by atoms with Crippen LogP contribution in [0.4, 0.5) is 0 Å². The fourth-order valence-electron chi connectivity index (χ4n) is 2.57. The SMILES string of the molecule is CN=C(NCCCOc1ccc(OC)cc1)NCc1ccc(C(=O)N(C)C)cc1. The number of nitrogens with zero attached hydrogens (tertiary/aromatic N) is 2. The number of methoxy groups -OCH3 is 1. The molecule has 0 radical (unpaired) electrons. The summed E-state index contributed by atoms with van der Waals surface area (Å²) < 4.78 is 10.8. The molecule has 0 aliphatic carbocycles. The van der Waals surface area contributed by atoms with Crippen LogP contribution in [0.15, 0.2) is 53.5 Å². The zero-order valence-corrected chi connectivity index (χ0v) is 17.6. The van der Waals surface area contributed by atoms with Crippen molar-refractivity contribution in [2.45, 2.75) is 13.0 Å². The third-order valence-electron chi connectivity index (χ3n) is 4.23. The molecule has 7 heteroatoms. The predicted octanol–water partition coefficient (Wildman–Crippen LogP) is 2.53. The van der Waals surface area contributed by atoms with Gasteiger partial charge in [-0.1, -0.05) is 12.1 Å². The van der Waals surface area contributed by atoms with Crippen LogP contribution in [0.5, 0.6) is 11.5 Å². The average Bonchev–Trinajstić information content (AvgIpc) is 2.75. The number of carbonyl (C=O) groups excluding carboxylic acids is 1. The summed E-state index contributed by atoms with van der Waals surface area (Å²) >= 11 is 0. The van der Waals surface area contributed by atoms with Gasteiger partial charge >= 0.3 is 0 Å². The lowest BCUT2D eigenvalue weighted by molar-refractivity contribution is 0.0827. The molecule has 0 aliphatic rings. The number of benzene rings is 2. The predicted molar refractivity (Wildman–Crippen MR) is 116 cm³/mol. The van der Waals surface area contributed by atoms with Crippen LogP contribution in [-0.4, -0.2) is 58.2 Å². The topological polar surface area (TPSA) is 75.2 Å². The van der Waals surface area contributed by atoms with E-state index in [1.807, 2.05) is 48.5 Å². The molecule has 0 atom stereocenters. The monoisotopic (exact) mass is 398 g/mol. The van der Waals surface area contributed by atoms with Crippen LogP contribution in [0.2, 0.25) is 0 Å². The van der Waals surface area contributed by atoms with E-state index in [0.29, 0.717) is 18.7 Å². The van der Waals surface area contributed by atoms with Crippen LogP contribution in [0.25, 0.3) is 0 Å². The number of guanidine groups is 1. The molecule has 2 rings (SSSR count). The number of nitrogens with one attached hydrogen (secondary N) is 2. The Bertz CT molecular complexity index is 787. The van der Waals surface area contributed by atoms with E-state index in [-0.39, 0.29) is 5.91 Å². The largest absolute Gasteiger partial charge is 0.497 e. The number of hydrogen-bond donors (Lipinski definition) is 2. The van der Waals surface area contributed by atoms with Gasteiger partial charge in [0.2, 0.25) is 0 Å². The van der Waals surface area contributed by atoms with Crippen molar-refractivity contribution in [2.24, 2.45) is 4.99 Å². The van der Waals surface area contributed by atoms with Crippen molar-refractivity contribution in [3.05, 3.63) is 59.7 Å². The van der Waals surface area contributed by atoms with Gasteiger partial charge in [0.1, 0.15) is 11.5 Å². The van der Waals surface area contributed by atoms with Gasteiger partial charge in [0, 0.05) is 39.8 Å². The van der Waals surface area contributed by atoms with Crippen LogP contribution >= 0.6 is 0 Å². The number of hydrogen-bond acceptors (Lipinski definition) is 4. The number of aliphatic imine (C=N–C) groups is 1. The van der Waals surface area contributed by atoms with Crippen molar-refractivity contribution in [2.75, 3.05) is 41.4 Å². The van der Waals surface area contributed by atoms with Crippen LogP contribution < -0.4 is 20.1 Å². The molecule has 0 bridgehead atoms. The Hall–Kier alpha value is -3.22. The molecule has 2 N–H and O–H groups in total. The Morgan fingerprint density at radius 2 is 1.66 bits per heavy atom. The molecule has 0 aliphatic heterocycles. The van der Waals surface area contributed by atoms with E-state index in [9.17, 15) is 4.79 Å². The molecule has 29 heavy (non-hydrogen) atoms. The summed E-state index contributed by atoms with van der Waals surface area (Å²) in [4.78, 5) is 17.7. The fourth-order valence-corrected chi connectivity index (χ4v) is 2.57. The first-order chi connectivity index (χ1) is 14.0. The Kier molecular flexibility index (Phi) is 8.82. The summed E-state index contributed by atoms with van der Waals surface area (Å²) in [5, 5.41) is 6.53. The summed E-state index contributed by atoms with van der Waals surface area (Å²) in [5.74, 6) is 2.36.